The van der Waals surface area contributed by atoms with Crippen LogP contribution in [-0.2, 0) is 0 Å². The Labute approximate surface area is 168 Å². The molecule has 4 atom stereocenters. The fourth-order valence-electron chi connectivity index (χ4n) is 7.52. The van der Waals surface area contributed by atoms with Crippen LogP contribution in [0.25, 0.3) is 0 Å². The van der Waals surface area contributed by atoms with Gasteiger partial charge in [-0.25, -0.2) is 0 Å². The van der Waals surface area contributed by atoms with Crippen molar-refractivity contribution in [2.24, 2.45) is 32.1 Å². The zero-order valence-corrected chi connectivity index (χ0v) is 16.9. The van der Waals surface area contributed by atoms with E-state index >= 15 is 0 Å². The number of nitrogens with zero attached hydrogens (tertiary/aromatic N) is 4. The lowest BCUT2D eigenvalue weighted by molar-refractivity contribution is 0.131. The van der Waals surface area contributed by atoms with Gasteiger partial charge in [0.2, 0.25) is 0 Å². The van der Waals surface area contributed by atoms with E-state index < -0.39 is 0 Å². The van der Waals surface area contributed by atoms with E-state index in [0.717, 1.165) is 26.2 Å². The molecule has 148 valence electrons. The minimum Gasteiger partial charge on any atom is -0.275 e. The van der Waals surface area contributed by atoms with Gasteiger partial charge in [0.05, 0.1) is 0 Å². The van der Waals surface area contributed by atoms with Crippen LogP contribution in [0, 0.1) is 21.7 Å². The van der Waals surface area contributed by atoms with Crippen molar-refractivity contribution in [1.29, 1.82) is 0 Å². The van der Waals surface area contributed by atoms with Crippen LogP contribution in [0.1, 0.15) is 51.4 Å². The first kappa shape index (κ1) is 17.1. The van der Waals surface area contributed by atoms with Crippen molar-refractivity contribution < 1.29 is 0 Å². The topological polar surface area (TPSA) is 31.2 Å². The minimum atomic E-state index is 0.287. The fraction of sp³-hybridized carbons (Fsp3) is 0.667. The van der Waals surface area contributed by atoms with Crippen LogP contribution in [0.2, 0.25) is 0 Å². The average molecular weight is 377 g/mol. The molecule has 0 N–H and O–H groups in total. The van der Waals surface area contributed by atoms with Crippen molar-refractivity contribution in [2.75, 3.05) is 26.2 Å². The number of allylic oxidation sites excluding steroid dienone is 4. The minimum absolute atomic E-state index is 0.287. The maximum atomic E-state index is 4.82. The number of hydrogen-bond donors (Lipinski definition) is 0. The number of hydrogen-bond acceptors (Lipinski definition) is 2. The molecular formula is C24H32N4. The van der Waals surface area contributed by atoms with Gasteiger partial charge in [-0.1, -0.05) is 84.7 Å². The van der Waals surface area contributed by atoms with Crippen molar-refractivity contribution >= 4 is 0 Å². The van der Waals surface area contributed by atoms with E-state index in [4.69, 9.17) is 10.4 Å². The molecule has 28 heavy (non-hydrogen) atoms. The van der Waals surface area contributed by atoms with Crippen molar-refractivity contribution in [3.05, 3.63) is 48.6 Å². The normalized spacial score (nSPS) is 46.0. The lowest BCUT2D eigenvalue weighted by Gasteiger charge is -2.46. The fourth-order valence-corrected chi connectivity index (χ4v) is 7.52. The highest BCUT2D eigenvalue weighted by Crippen LogP contribution is 2.60. The molecule has 6 rings (SSSR count). The van der Waals surface area contributed by atoms with E-state index in [2.05, 4.69) is 58.6 Å². The summed E-state index contributed by atoms with van der Waals surface area (Å²) in [6, 6.07) is 0. The van der Waals surface area contributed by atoms with Gasteiger partial charge in [-0.15, -0.1) is 0 Å². The van der Waals surface area contributed by atoms with Crippen LogP contribution in [0.15, 0.2) is 59.1 Å². The molecule has 0 bridgehead atoms. The molecule has 4 aliphatic carbocycles. The summed E-state index contributed by atoms with van der Waals surface area (Å²) in [6.45, 7) is 4.12. The van der Waals surface area contributed by atoms with E-state index in [1.54, 1.807) is 0 Å². The number of rotatable bonds is 2. The Morgan fingerprint density at radius 3 is 1.04 bits per heavy atom. The van der Waals surface area contributed by atoms with E-state index in [9.17, 15) is 0 Å². The smallest absolute Gasteiger partial charge is 0.0478 e. The Hall–Kier alpha value is -1.84. The Bertz CT molecular complexity index is 683. The largest absolute Gasteiger partial charge is 0.275 e. The van der Waals surface area contributed by atoms with E-state index in [1.165, 1.54) is 51.4 Å². The van der Waals surface area contributed by atoms with Crippen LogP contribution >= 0.6 is 0 Å². The third-order valence-electron chi connectivity index (χ3n) is 9.01. The Kier molecular flexibility index (Phi) is 3.56. The predicted molar refractivity (Wildman–Crippen MR) is 111 cm³/mol. The Balaban J connectivity index is 1.23. The van der Waals surface area contributed by atoms with Crippen LogP contribution < -0.4 is 0 Å². The first-order valence-electron chi connectivity index (χ1n) is 11.3. The molecule has 0 aromatic carbocycles. The standard InChI is InChI=1S/C24H32N4/c1-2-10-22-12-4-3-11-21(22,9-1)17-27(18-22)25-26-28-19-23-13-5-6-14-24(23,20-28)16-8-7-15-23/h1-2,5-6,9-10,13-14H,3-4,7-8,11-12,15-20H2/t21-,22+,23-,24+. The third-order valence-corrected chi connectivity index (χ3v) is 9.01. The van der Waals surface area contributed by atoms with E-state index in [-0.39, 0.29) is 21.7 Å². The van der Waals surface area contributed by atoms with E-state index in [1.807, 2.05) is 0 Å². The molecule has 0 spiro atoms. The molecular weight excluding hydrogens is 344 g/mol. The van der Waals surface area contributed by atoms with Crippen molar-refractivity contribution in [3.63, 3.8) is 0 Å². The van der Waals surface area contributed by atoms with Gasteiger partial charge in [0.25, 0.3) is 0 Å². The molecule has 4 nitrogen and oxygen atoms in total. The maximum Gasteiger partial charge on any atom is 0.0478 e. The van der Waals surface area contributed by atoms with Gasteiger partial charge >= 0.3 is 0 Å². The maximum absolute atomic E-state index is 4.82. The van der Waals surface area contributed by atoms with Gasteiger partial charge in [-0.2, -0.15) is 0 Å². The first-order valence-corrected chi connectivity index (χ1v) is 11.3. The van der Waals surface area contributed by atoms with Crippen LogP contribution in [-0.4, -0.2) is 36.2 Å². The summed E-state index contributed by atoms with van der Waals surface area (Å²) in [5, 5.41) is 14.2. The van der Waals surface area contributed by atoms with Crippen molar-refractivity contribution in [2.45, 2.75) is 51.4 Å². The molecule has 2 heterocycles. The summed E-state index contributed by atoms with van der Waals surface area (Å²) in [6.07, 6.45) is 29.5. The highest BCUT2D eigenvalue weighted by Gasteiger charge is 2.58. The monoisotopic (exact) mass is 376 g/mol. The molecule has 4 heteroatoms. The molecule has 0 aromatic rings. The van der Waals surface area contributed by atoms with Gasteiger partial charge in [0.1, 0.15) is 0 Å². The van der Waals surface area contributed by atoms with Crippen LogP contribution in [0.4, 0.5) is 0 Å². The molecule has 0 unspecified atom stereocenters. The highest BCUT2D eigenvalue weighted by molar-refractivity contribution is 5.31. The van der Waals surface area contributed by atoms with Gasteiger partial charge < -0.3 is 0 Å². The van der Waals surface area contributed by atoms with Crippen LogP contribution in [0.5, 0.6) is 0 Å². The molecule has 6 aliphatic rings. The van der Waals surface area contributed by atoms with Crippen LogP contribution in [0.3, 0.4) is 0 Å². The van der Waals surface area contributed by atoms with Gasteiger partial charge in [-0.3, -0.25) is 10.0 Å². The Morgan fingerprint density at radius 2 is 0.750 bits per heavy atom. The second kappa shape index (κ2) is 5.84. The lowest BCUT2D eigenvalue weighted by atomic mass is 9.56. The quantitative estimate of drug-likeness (QED) is 0.617. The molecule has 2 saturated carbocycles. The van der Waals surface area contributed by atoms with Crippen molar-refractivity contribution in [3.8, 4) is 0 Å². The molecule has 2 saturated heterocycles. The molecule has 2 aliphatic heterocycles. The zero-order valence-electron chi connectivity index (χ0n) is 16.9. The highest BCUT2D eigenvalue weighted by atomic mass is 15.7. The summed E-state index contributed by atoms with van der Waals surface area (Å²) in [4.78, 5) is 0. The second-order valence-electron chi connectivity index (χ2n) is 10.3. The summed E-state index contributed by atoms with van der Waals surface area (Å²) in [5.41, 5.74) is 1.15. The first-order chi connectivity index (χ1) is 13.7. The molecule has 0 radical (unpaired) electrons. The zero-order chi connectivity index (χ0) is 18.7. The lowest BCUT2D eigenvalue weighted by Crippen LogP contribution is -2.42. The van der Waals surface area contributed by atoms with Gasteiger partial charge in [0.15, 0.2) is 0 Å². The summed E-state index contributed by atoms with van der Waals surface area (Å²) < 4.78 is 0. The van der Waals surface area contributed by atoms with Crippen molar-refractivity contribution in [1.82, 2.24) is 10.0 Å². The predicted octanol–water partition coefficient (Wildman–Crippen LogP) is 5.25. The second-order valence-corrected chi connectivity index (χ2v) is 10.3. The van der Waals surface area contributed by atoms with Gasteiger partial charge in [-0.05, 0) is 25.7 Å². The molecule has 0 aromatic heterocycles. The third kappa shape index (κ3) is 2.18. The van der Waals surface area contributed by atoms with Gasteiger partial charge in [0, 0.05) is 47.8 Å². The molecule has 4 fully saturated rings. The average Bonchev–Trinajstić information content (AvgIpc) is 3.25. The Morgan fingerprint density at radius 1 is 0.464 bits per heavy atom. The summed E-state index contributed by atoms with van der Waals surface area (Å²) >= 11 is 0. The molecule has 0 amide bonds. The van der Waals surface area contributed by atoms with E-state index in [0.29, 0.717) is 0 Å². The SMILES string of the molecule is C1=C[C@@]23CCCC[C@]2(C=C1)CN(N=NN1C[C@@]24C=CC=C[C@@]2(CCCC4)C1)C3. The summed E-state index contributed by atoms with van der Waals surface area (Å²) in [7, 11) is 0. The summed E-state index contributed by atoms with van der Waals surface area (Å²) in [5.74, 6) is 0.